The summed E-state index contributed by atoms with van der Waals surface area (Å²) in [6.45, 7) is 0. The number of carboxylic acid groups (broad SMARTS) is 1. The van der Waals surface area contributed by atoms with Crippen LogP contribution in [0.25, 0.3) is 6.08 Å². The van der Waals surface area contributed by atoms with Gasteiger partial charge in [0.25, 0.3) is 0 Å². The minimum atomic E-state index is -1.09. The molecule has 26 heavy (non-hydrogen) atoms. The van der Waals surface area contributed by atoms with Crippen LogP contribution in [0.3, 0.4) is 0 Å². The monoisotopic (exact) mass is 355 g/mol. The lowest BCUT2D eigenvalue weighted by atomic mass is 10.1. The van der Waals surface area contributed by atoms with Crippen molar-refractivity contribution in [2.75, 3.05) is 14.2 Å². The maximum Gasteiger partial charge on any atom is 0.326 e. The fourth-order valence-electron chi connectivity index (χ4n) is 2.40. The number of methoxy groups -OCH3 is 2. The Morgan fingerprint density at radius 3 is 2.46 bits per heavy atom. The average Bonchev–Trinajstić information content (AvgIpc) is 2.66. The van der Waals surface area contributed by atoms with Crippen molar-refractivity contribution in [2.24, 2.45) is 0 Å². The fourth-order valence-corrected chi connectivity index (χ4v) is 2.40. The first-order valence-corrected chi connectivity index (χ1v) is 8.01. The molecule has 0 fully saturated rings. The molecule has 1 amide bonds. The molecule has 6 nitrogen and oxygen atoms in total. The Morgan fingerprint density at radius 1 is 1.12 bits per heavy atom. The first-order valence-electron chi connectivity index (χ1n) is 8.01. The van der Waals surface area contributed by atoms with Gasteiger partial charge >= 0.3 is 5.97 Å². The Bertz CT molecular complexity index is 786. The average molecular weight is 355 g/mol. The molecule has 6 heteroatoms. The molecule has 0 unspecified atom stereocenters. The van der Waals surface area contributed by atoms with Gasteiger partial charge in [-0.25, -0.2) is 4.79 Å². The second-order valence-corrected chi connectivity index (χ2v) is 5.53. The molecule has 0 radical (unpaired) electrons. The van der Waals surface area contributed by atoms with Crippen molar-refractivity contribution >= 4 is 18.0 Å². The van der Waals surface area contributed by atoms with Crippen molar-refractivity contribution in [3.05, 3.63) is 65.7 Å². The van der Waals surface area contributed by atoms with Gasteiger partial charge in [0.05, 0.1) is 14.2 Å². The van der Waals surface area contributed by atoms with E-state index < -0.39 is 17.9 Å². The zero-order valence-electron chi connectivity index (χ0n) is 14.6. The lowest BCUT2D eigenvalue weighted by molar-refractivity contribution is -0.141. The zero-order valence-corrected chi connectivity index (χ0v) is 14.6. The number of amides is 1. The number of benzene rings is 2. The predicted molar refractivity (Wildman–Crippen MR) is 98.3 cm³/mol. The predicted octanol–water partition coefficient (Wildman–Crippen LogP) is 2.53. The molecule has 2 aromatic carbocycles. The van der Waals surface area contributed by atoms with Crippen molar-refractivity contribution < 1.29 is 24.2 Å². The first kappa shape index (κ1) is 19.1. The Balaban J connectivity index is 2.08. The molecule has 0 aliphatic carbocycles. The summed E-state index contributed by atoms with van der Waals surface area (Å²) < 4.78 is 10.4. The van der Waals surface area contributed by atoms with Gasteiger partial charge in [0.15, 0.2) is 0 Å². The lowest BCUT2D eigenvalue weighted by Crippen LogP contribution is -2.41. The van der Waals surface area contributed by atoms with Gasteiger partial charge in [-0.15, -0.1) is 0 Å². The van der Waals surface area contributed by atoms with Crippen LogP contribution >= 0.6 is 0 Å². The summed E-state index contributed by atoms with van der Waals surface area (Å²) in [4.78, 5) is 23.6. The minimum Gasteiger partial charge on any atom is -0.497 e. The minimum absolute atomic E-state index is 0.207. The standard InChI is InChI=1S/C20H21NO5/c1-25-16-9-10-18(26-2)15(13-16)8-11-19(22)21-17(20(23)24)12-14-6-4-3-5-7-14/h3-11,13,17H,12H2,1-2H3,(H,21,22)(H,23,24)/b11-8+/t17-/m1/s1. The van der Waals surface area contributed by atoms with Crippen LogP contribution in [-0.4, -0.2) is 37.2 Å². The summed E-state index contributed by atoms with van der Waals surface area (Å²) in [6, 6.07) is 13.3. The maximum atomic E-state index is 12.1. The van der Waals surface area contributed by atoms with E-state index >= 15 is 0 Å². The molecule has 0 bridgehead atoms. The van der Waals surface area contributed by atoms with Gasteiger partial charge in [0.2, 0.25) is 5.91 Å². The van der Waals surface area contributed by atoms with Crippen molar-refractivity contribution in [3.63, 3.8) is 0 Å². The molecule has 0 heterocycles. The van der Waals surface area contributed by atoms with Gasteiger partial charge in [-0.3, -0.25) is 4.79 Å². The molecular weight excluding hydrogens is 334 g/mol. The second kappa shape index (κ2) is 9.27. The Labute approximate surface area is 152 Å². The largest absolute Gasteiger partial charge is 0.497 e. The van der Waals surface area contributed by atoms with E-state index in [0.29, 0.717) is 17.1 Å². The molecule has 0 aromatic heterocycles. The highest BCUT2D eigenvalue weighted by Gasteiger charge is 2.19. The van der Waals surface area contributed by atoms with Crippen LogP contribution < -0.4 is 14.8 Å². The van der Waals surface area contributed by atoms with E-state index in [-0.39, 0.29) is 6.42 Å². The lowest BCUT2D eigenvalue weighted by Gasteiger charge is -2.13. The molecule has 2 aromatic rings. The number of carboxylic acids is 1. The van der Waals surface area contributed by atoms with Crippen LogP contribution in [0.15, 0.2) is 54.6 Å². The molecule has 136 valence electrons. The molecule has 0 aliphatic rings. The molecule has 0 saturated carbocycles. The summed E-state index contributed by atoms with van der Waals surface area (Å²) in [5.74, 6) is -0.389. The van der Waals surface area contributed by atoms with E-state index in [1.807, 2.05) is 30.3 Å². The van der Waals surface area contributed by atoms with E-state index in [4.69, 9.17) is 9.47 Å². The summed E-state index contributed by atoms with van der Waals surface area (Å²) in [7, 11) is 3.07. The van der Waals surface area contributed by atoms with Crippen LogP contribution in [0.2, 0.25) is 0 Å². The summed E-state index contributed by atoms with van der Waals surface area (Å²) >= 11 is 0. The Hall–Kier alpha value is -3.28. The summed E-state index contributed by atoms with van der Waals surface area (Å²) in [6.07, 6.45) is 3.04. The topological polar surface area (TPSA) is 84.9 Å². The molecule has 0 aliphatic heterocycles. The molecule has 2 rings (SSSR count). The van der Waals surface area contributed by atoms with Crippen LogP contribution in [0, 0.1) is 0 Å². The number of carbonyl (C=O) groups is 2. The van der Waals surface area contributed by atoms with Gasteiger partial charge in [-0.05, 0) is 29.8 Å². The van der Waals surface area contributed by atoms with Crippen molar-refractivity contribution in [1.29, 1.82) is 0 Å². The first-order chi connectivity index (χ1) is 12.5. The van der Waals surface area contributed by atoms with Crippen molar-refractivity contribution in [1.82, 2.24) is 5.32 Å². The van der Waals surface area contributed by atoms with E-state index in [1.165, 1.54) is 13.2 Å². The Kier molecular flexibility index (Phi) is 6.79. The number of nitrogens with one attached hydrogen (secondary N) is 1. The smallest absolute Gasteiger partial charge is 0.326 e. The number of rotatable bonds is 8. The molecule has 2 N–H and O–H groups in total. The third kappa shape index (κ3) is 5.37. The maximum absolute atomic E-state index is 12.1. The summed E-state index contributed by atoms with van der Waals surface area (Å²) in [5.41, 5.74) is 1.48. The van der Waals surface area contributed by atoms with E-state index in [2.05, 4.69) is 5.32 Å². The molecule has 1 atom stereocenters. The second-order valence-electron chi connectivity index (χ2n) is 5.53. The highest BCUT2D eigenvalue weighted by atomic mass is 16.5. The van der Waals surface area contributed by atoms with Gasteiger partial charge in [-0.1, -0.05) is 30.3 Å². The van der Waals surface area contributed by atoms with Gasteiger partial charge < -0.3 is 19.9 Å². The number of hydrogen-bond donors (Lipinski definition) is 2. The zero-order chi connectivity index (χ0) is 18.9. The fraction of sp³-hybridized carbons (Fsp3) is 0.200. The van der Waals surface area contributed by atoms with Crippen LogP contribution in [0.1, 0.15) is 11.1 Å². The highest BCUT2D eigenvalue weighted by molar-refractivity contribution is 5.94. The third-order valence-corrected chi connectivity index (χ3v) is 3.75. The summed E-state index contributed by atoms with van der Waals surface area (Å²) in [5, 5.41) is 11.8. The number of ether oxygens (including phenoxy) is 2. The van der Waals surface area contributed by atoms with Crippen LogP contribution in [-0.2, 0) is 16.0 Å². The van der Waals surface area contributed by atoms with E-state index in [9.17, 15) is 14.7 Å². The third-order valence-electron chi connectivity index (χ3n) is 3.75. The molecular formula is C20H21NO5. The van der Waals surface area contributed by atoms with E-state index in [1.54, 1.807) is 31.4 Å². The highest BCUT2D eigenvalue weighted by Crippen LogP contribution is 2.25. The van der Waals surface area contributed by atoms with Crippen LogP contribution in [0.5, 0.6) is 11.5 Å². The van der Waals surface area contributed by atoms with Crippen molar-refractivity contribution in [2.45, 2.75) is 12.5 Å². The molecule has 0 saturated heterocycles. The van der Waals surface area contributed by atoms with Crippen molar-refractivity contribution in [3.8, 4) is 11.5 Å². The Morgan fingerprint density at radius 2 is 1.85 bits per heavy atom. The normalized spacial score (nSPS) is 11.8. The van der Waals surface area contributed by atoms with Gasteiger partial charge in [0, 0.05) is 18.1 Å². The van der Waals surface area contributed by atoms with E-state index in [0.717, 1.165) is 5.56 Å². The number of carbonyl (C=O) groups excluding carboxylic acids is 1. The number of aliphatic carboxylic acids is 1. The van der Waals surface area contributed by atoms with Gasteiger partial charge in [0.1, 0.15) is 17.5 Å². The van der Waals surface area contributed by atoms with Gasteiger partial charge in [-0.2, -0.15) is 0 Å². The quantitative estimate of drug-likeness (QED) is 0.711. The molecule has 0 spiro atoms. The van der Waals surface area contributed by atoms with Crippen LogP contribution in [0.4, 0.5) is 0 Å². The SMILES string of the molecule is COc1ccc(OC)c(/C=C/C(=O)N[C@H](Cc2ccccc2)C(=O)O)c1. The number of hydrogen-bond acceptors (Lipinski definition) is 4.